The van der Waals surface area contributed by atoms with Gasteiger partial charge >= 0.3 is 0 Å². The number of hydrogen-bond acceptors (Lipinski definition) is 2. The maximum Gasteiger partial charge on any atom is 0.240 e. The summed E-state index contributed by atoms with van der Waals surface area (Å²) in [5.41, 5.74) is -0.680. The third-order valence-electron chi connectivity index (χ3n) is 4.14. The van der Waals surface area contributed by atoms with Crippen molar-refractivity contribution in [2.75, 3.05) is 6.54 Å². The fourth-order valence-corrected chi connectivity index (χ4v) is 3.09. The van der Waals surface area contributed by atoms with E-state index in [1.165, 1.54) is 18.2 Å². The second-order valence-corrected chi connectivity index (χ2v) is 5.69. The molecule has 1 saturated heterocycles. The van der Waals surface area contributed by atoms with Crippen LogP contribution < -0.4 is 10.6 Å². The van der Waals surface area contributed by atoms with E-state index in [4.69, 9.17) is 0 Å². The first kappa shape index (κ1) is 15.9. The number of hydrogen-bond donors (Lipinski definition) is 2. The van der Waals surface area contributed by atoms with Gasteiger partial charge in [-0.05, 0) is 44.9 Å². The second kappa shape index (κ2) is 6.52. The molecule has 2 atom stereocenters. The van der Waals surface area contributed by atoms with Crippen LogP contribution in [0.1, 0.15) is 51.1 Å². The standard InChI is InChI=1S/C16H22F2N2O/c1-3-8-16(9-5-10-19-16)15(21)20-11(2)14-12(17)6-4-7-13(14)18/h4,6-7,11,19H,3,5,8-10H2,1-2H3,(H,20,21). The smallest absolute Gasteiger partial charge is 0.240 e. The molecule has 1 heterocycles. The van der Waals surface area contributed by atoms with Gasteiger partial charge in [0.15, 0.2) is 0 Å². The van der Waals surface area contributed by atoms with Gasteiger partial charge in [0.1, 0.15) is 11.6 Å². The first-order valence-electron chi connectivity index (χ1n) is 7.50. The summed E-state index contributed by atoms with van der Waals surface area (Å²) in [6, 6.07) is 3.03. The average molecular weight is 296 g/mol. The van der Waals surface area contributed by atoms with Crippen LogP contribution in [-0.2, 0) is 4.79 Å². The van der Waals surface area contributed by atoms with Crippen LogP contribution >= 0.6 is 0 Å². The summed E-state index contributed by atoms with van der Waals surface area (Å²) in [4.78, 5) is 12.5. The first-order valence-corrected chi connectivity index (χ1v) is 7.50. The van der Waals surface area contributed by atoms with Crippen molar-refractivity contribution >= 4 is 5.91 Å². The summed E-state index contributed by atoms with van der Waals surface area (Å²) in [5, 5.41) is 6.02. The minimum atomic E-state index is -0.699. The summed E-state index contributed by atoms with van der Waals surface area (Å²) in [5.74, 6) is -1.43. The summed E-state index contributed by atoms with van der Waals surface area (Å²) in [6.45, 7) is 4.43. The molecular formula is C16H22F2N2O. The first-order chi connectivity index (χ1) is 10.00. The summed E-state index contributed by atoms with van der Waals surface area (Å²) < 4.78 is 27.5. The Morgan fingerprint density at radius 3 is 2.62 bits per heavy atom. The Hall–Kier alpha value is -1.49. The molecule has 1 fully saturated rings. The molecule has 5 heteroatoms. The number of halogens is 2. The molecule has 116 valence electrons. The predicted octanol–water partition coefficient (Wildman–Crippen LogP) is 3.06. The van der Waals surface area contributed by atoms with Crippen molar-refractivity contribution in [3.8, 4) is 0 Å². The third kappa shape index (κ3) is 3.23. The molecule has 1 amide bonds. The zero-order chi connectivity index (χ0) is 15.5. The molecule has 2 unspecified atom stereocenters. The molecule has 0 radical (unpaired) electrons. The lowest BCUT2D eigenvalue weighted by molar-refractivity contribution is -0.128. The van der Waals surface area contributed by atoms with E-state index in [1.807, 2.05) is 6.92 Å². The Labute approximate surface area is 124 Å². The van der Waals surface area contributed by atoms with Crippen molar-refractivity contribution in [2.45, 2.75) is 51.1 Å². The SMILES string of the molecule is CCCC1(C(=O)NC(C)c2c(F)cccc2F)CCCN1. The largest absolute Gasteiger partial charge is 0.348 e. The molecule has 3 nitrogen and oxygen atoms in total. The molecule has 0 bridgehead atoms. The molecule has 1 aliphatic heterocycles. The Morgan fingerprint density at radius 1 is 1.43 bits per heavy atom. The van der Waals surface area contributed by atoms with Crippen LogP contribution in [0.25, 0.3) is 0 Å². The molecule has 1 aromatic rings. The van der Waals surface area contributed by atoms with Gasteiger partial charge in [-0.3, -0.25) is 4.79 Å². The molecule has 1 aromatic carbocycles. The molecular weight excluding hydrogens is 274 g/mol. The van der Waals surface area contributed by atoms with Crippen molar-refractivity contribution in [3.63, 3.8) is 0 Å². The fraction of sp³-hybridized carbons (Fsp3) is 0.562. The third-order valence-corrected chi connectivity index (χ3v) is 4.14. The maximum absolute atomic E-state index is 13.8. The Morgan fingerprint density at radius 2 is 2.10 bits per heavy atom. The predicted molar refractivity (Wildman–Crippen MR) is 77.8 cm³/mol. The van der Waals surface area contributed by atoms with E-state index in [2.05, 4.69) is 10.6 Å². The molecule has 0 spiro atoms. The Balaban J connectivity index is 2.15. The quantitative estimate of drug-likeness (QED) is 0.877. The minimum Gasteiger partial charge on any atom is -0.348 e. The van der Waals surface area contributed by atoms with Crippen LogP contribution in [0, 0.1) is 11.6 Å². The molecule has 0 aliphatic carbocycles. The number of carbonyl (C=O) groups is 1. The molecule has 0 aromatic heterocycles. The molecule has 2 N–H and O–H groups in total. The van der Waals surface area contributed by atoms with Crippen LogP contribution in [0.5, 0.6) is 0 Å². The lowest BCUT2D eigenvalue weighted by Gasteiger charge is -2.30. The molecule has 1 aliphatic rings. The summed E-state index contributed by atoms with van der Waals surface area (Å²) >= 11 is 0. The maximum atomic E-state index is 13.8. The van der Waals surface area contributed by atoms with Gasteiger partial charge in [-0.2, -0.15) is 0 Å². The van der Waals surface area contributed by atoms with E-state index in [9.17, 15) is 13.6 Å². The highest BCUT2D eigenvalue weighted by Crippen LogP contribution is 2.27. The zero-order valence-electron chi connectivity index (χ0n) is 12.5. The summed E-state index contributed by atoms with van der Waals surface area (Å²) in [7, 11) is 0. The monoisotopic (exact) mass is 296 g/mol. The van der Waals surface area contributed by atoms with Gasteiger partial charge < -0.3 is 10.6 Å². The highest BCUT2D eigenvalue weighted by molar-refractivity contribution is 5.87. The second-order valence-electron chi connectivity index (χ2n) is 5.69. The van der Waals surface area contributed by atoms with Crippen LogP contribution in [0.15, 0.2) is 18.2 Å². The van der Waals surface area contributed by atoms with E-state index >= 15 is 0 Å². The number of nitrogens with one attached hydrogen (secondary N) is 2. The van der Waals surface area contributed by atoms with Crippen LogP contribution in [0.3, 0.4) is 0 Å². The van der Waals surface area contributed by atoms with Crippen molar-refractivity contribution in [1.82, 2.24) is 10.6 Å². The summed E-state index contributed by atoms with van der Waals surface area (Å²) in [6.07, 6.45) is 3.31. The van der Waals surface area contributed by atoms with Gasteiger partial charge in [0, 0.05) is 5.56 Å². The van der Waals surface area contributed by atoms with Crippen LogP contribution in [0.4, 0.5) is 8.78 Å². The van der Waals surface area contributed by atoms with Crippen molar-refractivity contribution < 1.29 is 13.6 Å². The number of amides is 1. The van der Waals surface area contributed by atoms with Gasteiger partial charge in [0.25, 0.3) is 0 Å². The van der Waals surface area contributed by atoms with Crippen molar-refractivity contribution in [1.29, 1.82) is 0 Å². The van der Waals surface area contributed by atoms with Crippen molar-refractivity contribution in [2.24, 2.45) is 0 Å². The van der Waals surface area contributed by atoms with Gasteiger partial charge in [-0.25, -0.2) is 8.78 Å². The van der Waals surface area contributed by atoms with Crippen LogP contribution in [0.2, 0.25) is 0 Å². The number of carbonyl (C=O) groups excluding carboxylic acids is 1. The lowest BCUT2D eigenvalue weighted by Crippen LogP contribution is -2.54. The highest BCUT2D eigenvalue weighted by Gasteiger charge is 2.40. The minimum absolute atomic E-state index is 0.0875. The zero-order valence-corrected chi connectivity index (χ0v) is 12.5. The Bertz CT molecular complexity index is 493. The van der Waals surface area contributed by atoms with E-state index in [-0.39, 0.29) is 11.5 Å². The topological polar surface area (TPSA) is 41.1 Å². The average Bonchev–Trinajstić information content (AvgIpc) is 2.89. The van der Waals surface area contributed by atoms with Gasteiger partial charge in [-0.15, -0.1) is 0 Å². The van der Waals surface area contributed by atoms with Gasteiger partial charge in [-0.1, -0.05) is 19.4 Å². The van der Waals surface area contributed by atoms with Crippen molar-refractivity contribution in [3.05, 3.63) is 35.4 Å². The highest BCUT2D eigenvalue weighted by atomic mass is 19.1. The molecule has 2 rings (SSSR count). The lowest BCUT2D eigenvalue weighted by atomic mass is 9.90. The van der Waals surface area contributed by atoms with E-state index in [0.717, 1.165) is 32.2 Å². The van der Waals surface area contributed by atoms with E-state index in [1.54, 1.807) is 6.92 Å². The van der Waals surface area contributed by atoms with E-state index < -0.39 is 23.2 Å². The van der Waals surface area contributed by atoms with Gasteiger partial charge in [0.05, 0.1) is 11.6 Å². The van der Waals surface area contributed by atoms with E-state index in [0.29, 0.717) is 0 Å². The Kier molecular flexibility index (Phi) is 4.93. The fourth-order valence-electron chi connectivity index (χ4n) is 3.09. The molecule has 21 heavy (non-hydrogen) atoms. The number of rotatable bonds is 5. The van der Waals surface area contributed by atoms with Gasteiger partial charge in [0.2, 0.25) is 5.91 Å². The normalized spacial score (nSPS) is 23.0. The molecule has 0 saturated carbocycles. The van der Waals surface area contributed by atoms with Crippen LogP contribution in [-0.4, -0.2) is 18.0 Å². The number of benzene rings is 1.